The van der Waals surface area contributed by atoms with E-state index < -0.39 is 35.5 Å². The maximum absolute atomic E-state index is 12.9. The van der Waals surface area contributed by atoms with E-state index in [1.54, 1.807) is 0 Å². The predicted molar refractivity (Wildman–Crippen MR) is 148 cm³/mol. The summed E-state index contributed by atoms with van der Waals surface area (Å²) < 4.78 is 11.5. The summed E-state index contributed by atoms with van der Waals surface area (Å²) in [6.45, 7) is 7.86. The maximum Gasteiger partial charge on any atom is 0.339 e. The van der Waals surface area contributed by atoms with E-state index in [1.165, 1.54) is 0 Å². The van der Waals surface area contributed by atoms with E-state index in [9.17, 15) is 24.0 Å². The lowest BCUT2D eigenvalue weighted by molar-refractivity contribution is -0.137. The Kier molecular flexibility index (Phi) is 9.92. The molecule has 0 radical (unpaired) electrons. The van der Waals surface area contributed by atoms with Crippen LogP contribution in [0.2, 0.25) is 0 Å². The number of primary amides is 1. The molecule has 2 aromatic heterocycles. The summed E-state index contributed by atoms with van der Waals surface area (Å²) in [5.41, 5.74) is 8.48. The molecular weight excluding hydrogens is 520 g/mol. The van der Waals surface area contributed by atoms with E-state index >= 15 is 0 Å². The lowest BCUT2D eigenvalue weighted by Gasteiger charge is -2.19. The van der Waals surface area contributed by atoms with Crippen LogP contribution in [-0.2, 0) is 20.8 Å². The molecule has 12 nitrogen and oxygen atoms in total. The molecule has 0 aliphatic heterocycles. The van der Waals surface area contributed by atoms with Crippen LogP contribution in [0.1, 0.15) is 60.1 Å². The summed E-state index contributed by atoms with van der Waals surface area (Å²) in [4.78, 5) is 60.1. The van der Waals surface area contributed by atoms with Gasteiger partial charge in [0.15, 0.2) is 0 Å². The van der Waals surface area contributed by atoms with Crippen LogP contribution < -0.4 is 27.3 Å². The molecule has 0 aliphatic rings. The maximum atomic E-state index is 12.9. The number of rotatable bonds is 13. The van der Waals surface area contributed by atoms with Crippen molar-refractivity contribution in [1.29, 1.82) is 0 Å². The fraction of sp³-hybridized carbons (Fsp3) is 0.464. The van der Waals surface area contributed by atoms with Gasteiger partial charge in [0.1, 0.15) is 23.0 Å². The van der Waals surface area contributed by atoms with Crippen molar-refractivity contribution in [2.45, 2.75) is 72.3 Å². The van der Waals surface area contributed by atoms with Crippen molar-refractivity contribution in [3.05, 3.63) is 44.5 Å². The Balaban J connectivity index is 1.73. The van der Waals surface area contributed by atoms with Gasteiger partial charge in [-0.1, -0.05) is 0 Å². The number of hydrogen-bond acceptors (Lipinski definition) is 7. The number of aryl methyl sites for hydroxylation is 4. The highest BCUT2D eigenvalue weighted by Crippen LogP contribution is 2.34. The predicted octanol–water partition coefficient (Wildman–Crippen LogP) is 2.62. The lowest BCUT2D eigenvalue weighted by atomic mass is 9.98. The van der Waals surface area contributed by atoms with Crippen LogP contribution in [0.25, 0.3) is 21.9 Å². The number of furan rings is 1. The molecule has 2 heterocycles. The van der Waals surface area contributed by atoms with Gasteiger partial charge in [0.2, 0.25) is 11.8 Å². The Morgan fingerprint density at radius 3 is 2.23 bits per heavy atom. The number of carbonyl (C=O) groups is 4. The molecule has 216 valence electrons. The second kappa shape index (κ2) is 13.1. The summed E-state index contributed by atoms with van der Waals surface area (Å²) in [7, 11) is 0. The van der Waals surface area contributed by atoms with Crippen molar-refractivity contribution in [2.75, 3.05) is 13.1 Å². The second-order valence-corrected chi connectivity index (χ2v) is 9.87. The number of carboxylic acid groups (broad SMARTS) is 1. The fourth-order valence-corrected chi connectivity index (χ4v) is 4.65. The molecule has 0 aliphatic carbocycles. The van der Waals surface area contributed by atoms with Crippen molar-refractivity contribution >= 4 is 45.8 Å². The van der Waals surface area contributed by atoms with Crippen molar-refractivity contribution in [1.82, 2.24) is 16.0 Å². The fourth-order valence-electron chi connectivity index (χ4n) is 4.65. The minimum Gasteiger partial charge on any atom is -0.481 e. The zero-order valence-corrected chi connectivity index (χ0v) is 23.2. The molecule has 3 aromatic rings. The molecule has 0 fully saturated rings. The van der Waals surface area contributed by atoms with E-state index in [2.05, 4.69) is 16.0 Å². The first kappa shape index (κ1) is 30.2. The Morgan fingerprint density at radius 2 is 1.55 bits per heavy atom. The first-order valence-corrected chi connectivity index (χ1v) is 13.2. The normalized spacial score (nSPS) is 11.9. The number of nitrogens with one attached hydrogen (secondary N) is 3. The van der Waals surface area contributed by atoms with Crippen LogP contribution in [0.3, 0.4) is 0 Å². The highest BCUT2D eigenvalue weighted by Gasteiger charge is 2.22. The van der Waals surface area contributed by atoms with E-state index in [0.29, 0.717) is 28.7 Å². The third-order valence-corrected chi connectivity index (χ3v) is 7.03. The summed E-state index contributed by atoms with van der Waals surface area (Å²) in [5.74, 6) is -1.10. The van der Waals surface area contributed by atoms with Gasteiger partial charge in [-0.25, -0.2) is 9.59 Å². The van der Waals surface area contributed by atoms with Gasteiger partial charge in [0.25, 0.3) is 0 Å². The molecule has 1 aromatic carbocycles. The smallest absolute Gasteiger partial charge is 0.339 e. The van der Waals surface area contributed by atoms with Crippen molar-refractivity contribution in [2.24, 2.45) is 5.73 Å². The average Bonchev–Trinajstić information content (AvgIpc) is 3.17. The molecular formula is C28H36N4O8. The third kappa shape index (κ3) is 7.19. The molecule has 3 rings (SSSR count). The molecule has 0 spiro atoms. The Bertz CT molecular complexity index is 1500. The van der Waals surface area contributed by atoms with Crippen molar-refractivity contribution in [3.8, 4) is 0 Å². The van der Waals surface area contributed by atoms with Gasteiger partial charge in [-0.15, -0.1) is 0 Å². The largest absolute Gasteiger partial charge is 0.481 e. The van der Waals surface area contributed by atoms with Gasteiger partial charge in [0, 0.05) is 47.8 Å². The SMILES string of the molecule is Cc1oc2c(C)c3oc(=O)c(CCC(=O)NC(CCCNC(N)=O)C(=O)NCCCC(=O)O)c(C)c3cc2c1C. The molecule has 6 N–H and O–H groups in total. The number of carboxylic acids is 1. The van der Waals surface area contributed by atoms with E-state index in [1.807, 2.05) is 33.8 Å². The Morgan fingerprint density at radius 1 is 0.900 bits per heavy atom. The molecule has 1 unspecified atom stereocenters. The minimum absolute atomic E-state index is 0.0650. The molecule has 40 heavy (non-hydrogen) atoms. The van der Waals surface area contributed by atoms with E-state index in [-0.39, 0.29) is 45.2 Å². The highest BCUT2D eigenvalue weighted by molar-refractivity contribution is 6.00. The van der Waals surface area contributed by atoms with Gasteiger partial charge >= 0.3 is 17.6 Å². The van der Waals surface area contributed by atoms with E-state index in [4.69, 9.17) is 19.7 Å². The number of amides is 4. The number of benzene rings is 1. The summed E-state index contributed by atoms with van der Waals surface area (Å²) in [6, 6.07) is 0.331. The van der Waals surface area contributed by atoms with E-state index in [0.717, 1.165) is 27.7 Å². The zero-order chi connectivity index (χ0) is 29.6. The molecule has 12 heteroatoms. The van der Waals surface area contributed by atoms with Crippen LogP contribution in [-0.4, -0.2) is 48.1 Å². The molecule has 0 saturated carbocycles. The quantitative estimate of drug-likeness (QED) is 0.156. The van der Waals surface area contributed by atoms with Gasteiger partial charge in [-0.2, -0.15) is 0 Å². The standard InChI is InChI=1S/C28H36N4O8/c1-14-17(4)39-24-16(3)25-20(13-19(14)24)15(2)18(27(37)40-25)9-10-22(33)32-21(7-5-12-31-28(29)38)26(36)30-11-6-8-23(34)35/h13,21H,5-12H2,1-4H3,(H,30,36)(H,32,33)(H,34,35)(H3,29,31,38). The van der Waals surface area contributed by atoms with Crippen molar-refractivity contribution < 1.29 is 33.1 Å². The van der Waals surface area contributed by atoms with Crippen LogP contribution in [0.5, 0.6) is 0 Å². The van der Waals surface area contributed by atoms with Crippen LogP contribution in [0, 0.1) is 27.7 Å². The lowest BCUT2D eigenvalue weighted by Crippen LogP contribution is -2.47. The highest BCUT2D eigenvalue weighted by atomic mass is 16.4. The zero-order valence-electron chi connectivity index (χ0n) is 23.2. The number of fused-ring (bicyclic) bond motifs is 2. The number of nitrogens with two attached hydrogens (primary N) is 1. The van der Waals surface area contributed by atoms with Gasteiger partial charge in [-0.05, 0) is 70.6 Å². The topological polar surface area (TPSA) is 194 Å². The van der Waals surface area contributed by atoms with Gasteiger partial charge in [0.05, 0.1) is 0 Å². The van der Waals surface area contributed by atoms with Gasteiger partial charge in [-0.3, -0.25) is 14.4 Å². The molecule has 4 amide bonds. The number of aliphatic carboxylic acids is 1. The monoisotopic (exact) mass is 556 g/mol. The number of carbonyl (C=O) groups excluding carboxylic acids is 3. The third-order valence-electron chi connectivity index (χ3n) is 7.03. The number of urea groups is 1. The minimum atomic E-state index is -0.973. The Hall–Kier alpha value is -4.35. The first-order valence-electron chi connectivity index (χ1n) is 13.2. The second-order valence-electron chi connectivity index (χ2n) is 9.87. The summed E-state index contributed by atoms with van der Waals surface area (Å²) in [6.07, 6.45) is 0.762. The van der Waals surface area contributed by atoms with Crippen LogP contribution >= 0.6 is 0 Å². The Labute approximate surface area is 230 Å². The van der Waals surface area contributed by atoms with Crippen LogP contribution in [0.15, 0.2) is 19.7 Å². The number of hydrogen-bond donors (Lipinski definition) is 5. The first-order chi connectivity index (χ1) is 18.9. The molecule has 0 saturated heterocycles. The molecule has 0 bridgehead atoms. The van der Waals surface area contributed by atoms with Crippen LogP contribution in [0.4, 0.5) is 4.79 Å². The summed E-state index contributed by atoms with van der Waals surface area (Å²) in [5, 5.41) is 18.2. The van der Waals surface area contributed by atoms with Crippen molar-refractivity contribution in [3.63, 3.8) is 0 Å². The average molecular weight is 557 g/mol. The van der Waals surface area contributed by atoms with Gasteiger partial charge < -0.3 is 35.6 Å². The summed E-state index contributed by atoms with van der Waals surface area (Å²) >= 11 is 0. The molecule has 1 atom stereocenters.